The standard InChI is InChI=1S/C23H23Cl2N3O/c1-26-9-11-27(12-10-26)8-2-3-18-13-19-16-28(23(29)22(19)21(25)14-18)15-17-4-6-20(24)7-5-17/h4-7,13-14,16,29H,8-12,15H2,1H3. The van der Waals surface area contributed by atoms with Gasteiger partial charge in [-0.25, -0.2) is 0 Å². The van der Waals surface area contributed by atoms with E-state index in [2.05, 4.69) is 28.7 Å². The van der Waals surface area contributed by atoms with Gasteiger partial charge in [0.15, 0.2) is 0 Å². The van der Waals surface area contributed by atoms with Gasteiger partial charge in [0.2, 0.25) is 5.88 Å². The van der Waals surface area contributed by atoms with E-state index in [0.717, 1.165) is 49.2 Å². The molecule has 0 bridgehead atoms. The molecule has 4 nitrogen and oxygen atoms in total. The molecule has 0 saturated carbocycles. The quantitative estimate of drug-likeness (QED) is 0.632. The van der Waals surface area contributed by atoms with Gasteiger partial charge in [-0.1, -0.05) is 47.2 Å². The van der Waals surface area contributed by atoms with E-state index >= 15 is 0 Å². The van der Waals surface area contributed by atoms with Crippen molar-refractivity contribution in [3.8, 4) is 17.7 Å². The van der Waals surface area contributed by atoms with Crippen molar-refractivity contribution < 1.29 is 5.11 Å². The van der Waals surface area contributed by atoms with Crippen LogP contribution in [-0.2, 0) is 6.54 Å². The van der Waals surface area contributed by atoms with Gasteiger partial charge in [0, 0.05) is 48.3 Å². The molecule has 0 spiro atoms. The van der Waals surface area contributed by atoms with Gasteiger partial charge >= 0.3 is 0 Å². The lowest BCUT2D eigenvalue weighted by molar-refractivity contribution is 0.168. The summed E-state index contributed by atoms with van der Waals surface area (Å²) in [5.41, 5.74) is 1.91. The van der Waals surface area contributed by atoms with E-state index in [1.54, 1.807) is 4.57 Å². The fourth-order valence-corrected chi connectivity index (χ4v) is 4.01. The molecular weight excluding hydrogens is 405 g/mol. The van der Waals surface area contributed by atoms with Crippen molar-refractivity contribution in [3.05, 3.63) is 63.8 Å². The minimum atomic E-state index is 0.164. The van der Waals surface area contributed by atoms with Gasteiger partial charge in [-0.3, -0.25) is 4.90 Å². The maximum atomic E-state index is 10.7. The SMILES string of the molecule is CN1CCN(CC#Cc2cc(Cl)c3c(O)n(Cc4ccc(Cl)cc4)cc3c2)CC1. The van der Waals surface area contributed by atoms with Crippen molar-refractivity contribution in [3.63, 3.8) is 0 Å². The predicted octanol–water partition coefficient (Wildman–Crippen LogP) is 4.30. The van der Waals surface area contributed by atoms with Crippen LogP contribution in [0.1, 0.15) is 11.1 Å². The Morgan fingerprint density at radius 3 is 2.48 bits per heavy atom. The normalized spacial score (nSPS) is 15.4. The van der Waals surface area contributed by atoms with E-state index in [-0.39, 0.29) is 5.88 Å². The average molecular weight is 428 g/mol. The first-order chi connectivity index (χ1) is 14.0. The Hall–Kier alpha value is -2.16. The second-order valence-corrected chi connectivity index (χ2v) is 8.35. The molecule has 0 atom stereocenters. The molecular formula is C23H23Cl2N3O. The van der Waals surface area contributed by atoms with Crippen LogP contribution in [0.3, 0.4) is 0 Å². The van der Waals surface area contributed by atoms with Gasteiger partial charge in [-0.05, 0) is 36.9 Å². The van der Waals surface area contributed by atoms with Gasteiger partial charge < -0.3 is 14.6 Å². The summed E-state index contributed by atoms with van der Waals surface area (Å²) in [5.74, 6) is 6.65. The molecule has 0 radical (unpaired) electrons. The second-order valence-electron chi connectivity index (χ2n) is 7.51. The van der Waals surface area contributed by atoms with E-state index in [4.69, 9.17) is 23.2 Å². The van der Waals surface area contributed by atoms with Crippen molar-refractivity contribution in [2.45, 2.75) is 6.54 Å². The zero-order chi connectivity index (χ0) is 20.4. The fourth-order valence-electron chi connectivity index (χ4n) is 3.58. The molecule has 2 heterocycles. The molecule has 1 aliphatic heterocycles. The second kappa shape index (κ2) is 8.69. The van der Waals surface area contributed by atoms with Gasteiger partial charge in [0.1, 0.15) is 0 Å². The number of hydrogen-bond acceptors (Lipinski definition) is 3. The smallest absolute Gasteiger partial charge is 0.200 e. The summed E-state index contributed by atoms with van der Waals surface area (Å²) >= 11 is 12.4. The highest BCUT2D eigenvalue weighted by atomic mass is 35.5. The number of nitrogens with zero attached hydrogens (tertiary/aromatic N) is 3. The molecule has 1 saturated heterocycles. The van der Waals surface area contributed by atoms with Crippen LogP contribution in [0.25, 0.3) is 10.8 Å². The lowest BCUT2D eigenvalue weighted by atomic mass is 10.1. The molecule has 1 fully saturated rings. The van der Waals surface area contributed by atoms with Crippen molar-refractivity contribution >= 4 is 34.0 Å². The molecule has 1 aromatic heterocycles. The molecule has 0 aliphatic carbocycles. The number of fused-ring (bicyclic) bond motifs is 1. The number of likely N-dealkylation sites (N-methyl/N-ethyl adjacent to an activating group) is 1. The van der Waals surface area contributed by atoms with Crippen LogP contribution in [0.2, 0.25) is 10.0 Å². The number of rotatable bonds is 3. The van der Waals surface area contributed by atoms with Crippen molar-refractivity contribution in [1.82, 2.24) is 14.4 Å². The van der Waals surface area contributed by atoms with Gasteiger partial charge in [0.05, 0.1) is 23.5 Å². The van der Waals surface area contributed by atoms with Crippen LogP contribution < -0.4 is 0 Å². The van der Waals surface area contributed by atoms with Crippen molar-refractivity contribution in [1.29, 1.82) is 0 Å². The topological polar surface area (TPSA) is 31.6 Å². The van der Waals surface area contributed by atoms with Gasteiger partial charge in [-0.2, -0.15) is 0 Å². The molecule has 1 N–H and O–H groups in total. The molecule has 3 aromatic rings. The minimum Gasteiger partial charge on any atom is -0.494 e. The molecule has 1 aliphatic rings. The highest BCUT2D eigenvalue weighted by Gasteiger charge is 2.14. The Balaban J connectivity index is 1.54. The van der Waals surface area contributed by atoms with E-state index in [1.807, 2.05) is 42.6 Å². The molecule has 4 rings (SSSR count). The highest BCUT2D eigenvalue weighted by molar-refractivity contribution is 6.36. The number of benzene rings is 2. The highest BCUT2D eigenvalue weighted by Crippen LogP contribution is 2.35. The monoisotopic (exact) mass is 427 g/mol. The number of piperazine rings is 1. The van der Waals surface area contributed by atoms with Crippen LogP contribution >= 0.6 is 23.2 Å². The first-order valence-corrected chi connectivity index (χ1v) is 10.4. The summed E-state index contributed by atoms with van der Waals surface area (Å²) in [6, 6.07) is 11.4. The van der Waals surface area contributed by atoms with E-state index < -0.39 is 0 Å². The van der Waals surface area contributed by atoms with Gasteiger partial charge in [0.25, 0.3) is 0 Å². The minimum absolute atomic E-state index is 0.164. The fraction of sp³-hybridized carbons (Fsp3) is 0.304. The van der Waals surface area contributed by atoms with E-state index in [0.29, 0.717) is 22.0 Å². The molecule has 29 heavy (non-hydrogen) atoms. The zero-order valence-corrected chi connectivity index (χ0v) is 17.8. The van der Waals surface area contributed by atoms with Crippen LogP contribution in [-0.4, -0.2) is 59.2 Å². The van der Waals surface area contributed by atoms with Gasteiger partial charge in [-0.15, -0.1) is 0 Å². The zero-order valence-electron chi connectivity index (χ0n) is 16.3. The summed E-state index contributed by atoms with van der Waals surface area (Å²) in [6.07, 6.45) is 1.91. The Morgan fingerprint density at radius 1 is 1.03 bits per heavy atom. The van der Waals surface area contributed by atoms with Crippen LogP contribution in [0.15, 0.2) is 42.6 Å². The van der Waals surface area contributed by atoms with Crippen LogP contribution in [0.4, 0.5) is 0 Å². The maximum Gasteiger partial charge on any atom is 0.200 e. The summed E-state index contributed by atoms with van der Waals surface area (Å²) in [6.45, 7) is 5.56. The summed E-state index contributed by atoms with van der Waals surface area (Å²) in [7, 11) is 2.15. The molecule has 0 unspecified atom stereocenters. The van der Waals surface area contributed by atoms with E-state index in [1.165, 1.54) is 0 Å². The number of aromatic hydroxyl groups is 1. The van der Waals surface area contributed by atoms with Crippen molar-refractivity contribution in [2.75, 3.05) is 39.8 Å². The first kappa shape index (κ1) is 20.1. The Kier molecular flexibility index (Phi) is 6.03. The Bertz CT molecular complexity index is 1070. The Labute approximate surface area is 181 Å². The molecule has 0 amide bonds. The third-order valence-corrected chi connectivity index (χ3v) is 5.86. The molecule has 150 valence electrons. The maximum absolute atomic E-state index is 10.7. The number of hydrogen-bond donors (Lipinski definition) is 1. The molecule has 6 heteroatoms. The van der Waals surface area contributed by atoms with E-state index in [9.17, 15) is 5.11 Å². The first-order valence-electron chi connectivity index (χ1n) is 9.65. The molecule has 2 aromatic carbocycles. The average Bonchev–Trinajstić information content (AvgIpc) is 3.01. The lowest BCUT2D eigenvalue weighted by Gasteiger charge is -2.30. The third-order valence-electron chi connectivity index (χ3n) is 5.31. The number of aromatic nitrogens is 1. The van der Waals surface area contributed by atoms with Crippen LogP contribution in [0, 0.1) is 11.8 Å². The number of halogens is 2. The largest absolute Gasteiger partial charge is 0.494 e. The van der Waals surface area contributed by atoms with Crippen LogP contribution in [0.5, 0.6) is 5.88 Å². The summed E-state index contributed by atoms with van der Waals surface area (Å²) in [4.78, 5) is 4.69. The van der Waals surface area contributed by atoms with Crippen molar-refractivity contribution in [2.24, 2.45) is 0 Å². The third kappa shape index (κ3) is 4.71. The predicted molar refractivity (Wildman–Crippen MR) is 120 cm³/mol. The summed E-state index contributed by atoms with van der Waals surface area (Å²) in [5, 5.41) is 13.4. The Morgan fingerprint density at radius 2 is 1.76 bits per heavy atom. The summed E-state index contributed by atoms with van der Waals surface area (Å²) < 4.78 is 1.79. The lowest BCUT2D eigenvalue weighted by Crippen LogP contribution is -2.44.